The normalized spacial score (nSPS) is 10.4. The second kappa shape index (κ2) is 4.34. The number of hydrogen-bond donors (Lipinski definition) is 0. The van der Waals surface area contributed by atoms with Crippen molar-refractivity contribution in [3.63, 3.8) is 0 Å². The zero-order valence-corrected chi connectivity index (χ0v) is 7.38. The summed E-state index contributed by atoms with van der Waals surface area (Å²) >= 11 is 5.55. The van der Waals surface area contributed by atoms with E-state index in [1.54, 1.807) is 0 Å². The summed E-state index contributed by atoms with van der Waals surface area (Å²) in [5.41, 5.74) is 0.980. The topological polar surface area (TPSA) is 30.7 Å². The molecule has 11 heavy (non-hydrogen) atoms. The van der Waals surface area contributed by atoms with E-state index >= 15 is 0 Å². The molecular weight excluding hydrogens is 162 g/mol. The number of alkyl halides is 1. The molecule has 4 heteroatoms. The van der Waals surface area contributed by atoms with Crippen LogP contribution in [0.25, 0.3) is 0 Å². The van der Waals surface area contributed by atoms with Gasteiger partial charge in [0.15, 0.2) is 0 Å². The van der Waals surface area contributed by atoms with E-state index in [4.69, 9.17) is 11.6 Å². The molecule has 0 aliphatic carbocycles. The molecule has 3 nitrogen and oxygen atoms in total. The van der Waals surface area contributed by atoms with Gasteiger partial charge in [-0.1, -0.05) is 12.1 Å². The quantitative estimate of drug-likeness (QED) is 0.646. The first-order valence-electron chi connectivity index (χ1n) is 3.81. The monoisotopic (exact) mass is 173 g/mol. The zero-order chi connectivity index (χ0) is 8.10. The second-order valence-corrected chi connectivity index (χ2v) is 2.79. The summed E-state index contributed by atoms with van der Waals surface area (Å²) in [6.07, 6.45) is 3.85. The highest BCUT2D eigenvalue weighted by Gasteiger charge is 1.97. The van der Waals surface area contributed by atoms with Gasteiger partial charge in [-0.25, -0.2) is 0 Å². The highest BCUT2D eigenvalue weighted by Crippen LogP contribution is 1.96. The molecule has 1 heterocycles. The molecule has 62 valence electrons. The van der Waals surface area contributed by atoms with Crippen molar-refractivity contribution in [1.29, 1.82) is 0 Å². The van der Waals surface area contributed by atoms with Gasteiger partial charge in [-0.05, 0) is 6.42 Å². The lowest BCUT2D eigenvalue weighted by atomic mass is 10.4. The van der Waals surface area contributed by atoms with Crippen LogP contribution < -0.4 is 0 Å². The van der Waals surface area contributed by atoms with E-state index in [0.29, 0.717) is 5.88 Å². The number of nitrogens with zero attached hydrogens (tertiary/aromatic N) is 3. The maximum atomic E-state index is 5.55. The number of rotatable bonds is 4. The summed E-state index contributed by atoms with van der Waals surface area (Å²) in [4.78, 5) is 0. The summed E-state index contributed by atoms with van der Waals surface area (Å²) in [6.45, 7) is 3.05. The number of hydrogen-bond acceptors (Lipinski definition) is 2. The van der Waals surface area contributed by atoms with E-state index in [0.717, 1.165) is 25.1 Å². The van der Waals surface area contributed by atoms with Crippen LogP contribution in [0.15, 0.2) is 6.20 Å². The van der Waals surface area contributed by atoms with Crippen molar-refractivity contribution in [2.45, 2.75) is 26.3 Å². The molecule has 1 aromatic heterocycles. The molecule has 0 bridgehead atoms. The minimum atomic E-state index is 0.616. The Morgan fingerprint density at radius 2 is 2.45 bits per heavy atom. The van der Waals surface area contributed by atoms with Crippen LogP contribution >= 0.6 is 11.6 Å². The second-order valence-electron chi connectivity index (χ2n) is 2.41. The van der Waals surface area contributed by atoms with E-state index < -0.39 is 0 Å². The first-order chi connectivity index (χ1) is 5.36. The molecule has 0 spiro atoms. The Balaban J connectivity index is 2.51. The van der Waals surface area contributed by atoms with Crippen molar-refractivity contribution in [2.75, 3.05) is 5.88 Å². The first kappa shape index (κ1) is 8.53. The summed E-state index contributed by atoms with van der Waals surface area (Å²) in [7, 11) is 0. The smallest absolute Gasteiger partial charge is 0.0839 e. The van der Waals surface area contributed by atoms with Crippen molar-refractivity contribution in [1.82, 2.24) is 15.0 Å². The van der Waals surface area contributed by atoms with Gasteiger partial charge < -0.3 is 0 Å². The summed E-state index contributed by atoms with van der Waals surface area (Å²) in [5.74, 6) is 0.616. The third-order valence-electron chi connectivity index (χ3n) is 1.39. The third-order valence-corrected chi connectivity index (χ3v) is 1.58. The van der Waals surface area contributed by atoms with Crippen LogP contribution in [0.3, 0.4) is 0 Å². The number of aromatic nitrogens is 3. The maximum absolute atomic E-state index is 5.55. The van der Waals surface area contributed by atoms with Crippen LogP contribution in [0.1, 0.15) is 19.0 Å². The van der Waals surface area contributed by atoms with Gasteiger partial charge in [0.1, 0.15) is 0 Å². The number of aryl methyl sites for hydroxylation is 2. The molecule has 0 saturated heterocycles. The van der Waals surface area contributed by atoms with Gasteiger partial charge >= 0.3 is 0 Å². The van der Waals surface area contributed by atoms with Crippen LogP contribution in [0.2, 0.25) is 0 Å². The zero-order valence-electron chi connectivity index (χ0n) is 6.63. The van der Waals surface area contributed by atoms with E-state index in [1.165, 1.54) is 0 Å². The van der Waals surface area contributed by atoms with Crippen LogP contribution in [-0.2, 0) is 13.0 Å². The molecule has 1 rings (SSSR count). The molecule has 0 amide bonds. The molecule has 1 aromatic rings. The molecular formula is C7H12ClN3. The van der Waals surface area contributed by atoms with E-state index in [1.807, 2.05) is 10.9 Å². The van der Waals surface area contributed by atoms with E-state index in [2.05, 4.69) is 17.2 Å². The van der Waals surface area contributed by atoms with Gasteiger partial charge in [0.2, 0.25) is 0 Å². The van der Waals surface area contributed by atoms with Gasteiger partial charge in [0.25, 0.3) is 0 Å². The number of halogens is 1. The van der Waals surface area contributed by atoms with E-state index in [-0.39, 0.29) is 0 Å². The highest BCUT2D eigenvalue weighted by molar-refractivity contribution is 6.17. The molecule has 0 radical (unpaired) electrons. The fourth-order valence-electron chi connectivity index (χ4n) is 0.888. The predicted molar refractivity (Wildman–Crippen MR) is 44.7 cm³/mol. The van der Waals surface area contributed by atoms with Crippen molar-refractivity contribution in [2.24, 2.45) is 0 Å². The lowest BCUT2D eigenvalue weighted by Gasteiger charge is -1.92. The van der Waals surface area contributed by atoms with Gasteiger partial charge in [-0.15, -0.1) is 16.7 Å². The highest BCUT2D eigenvalue weighted by atomic mass is 35.5. The fourth-order valence-corrected chi connectivity index (χ4v) is 1.08. The summed E-state index contributed by atoms with van der Waals surface area (Å²) in [6, 6.07) is 0. The van der Waals surface area contributed by atoms with Crippen LogP contribution in [0.4, 0.5) is 0 Å². The van der Waals surface area contributed by atoms with Crippen LogP contribution in [0.5, 0.6) is 0 Å². The van der Waals surface area contributed by atoms with Crippen molar-refractivity contribution in [3.8, 4) is 0 Å². The molecule has 0 aliphatic heterocycles. The summed E-state index contributed by atoms with van der Waals surface area (Å²) in [5, 5.41) is 7.89. The first-order valence-corrected chi connectivity index (χ1v) is 4.35. The largest absolute Gasteiger partial charge is 0.252 e. The van der Waals surface area contributed by atoms with Crippen molar-refractivity contribution in [3.05, 3.63) is 11.9 Å². The minimum absolute atomic E-state index is 0.616. The SMILES string of the molecule is CCCn1cc(CCCl)nn1. The Bertz CT molecular complexity index is 189. The fraction of sp³-hybridized carbons (Fsp3) is 0.714. The average Bonchev–Trinajstić information content (AvgIpc) is 2.38. The Kier molecular flexibility index (Phi) is 3.36. The molecule has 0 unspecified atom stereocenters. The van der Waals surface area contributed by atoms with Gasteiger partial charge in [0, 0.05) is 25.0 Å². The lowest BCUT2D eigenvalue weighted by Crippen LogP contribution is -1.96. The van der Waals surface area contributed by atoms with Crippen molar-refractivity contribution >= 4 is 11.6 Å². The van der Waals surface area contributed by atoms with Crippen LogP contribution in [-0.4, -0.2) is 20.9 Å². The van der Waals surface area contributed by atoms with Gasteiger partial charge in [-0.3, -0.25) is 4.68 Å². The van der Waals surface area contributed by atoms with Crippen molar-refractivity contribution < 1.29 is 0 Å². The van der Waals surface area contributed by atoms with Crippen LogP contribution in [0, 0.1) is 0 Å². The third kappa shape index (κ3) is 2.50. The Hall–Kier alpha value is -0.570. The minimum Gasteiger partial charge on any atom is -0.252 e. The molecule has 0 aromatic carbocycles. The maximum Gasteiger partial charge on any atom is 0.0839 e. The molecule has 0 fully saturated rings. The average molecular weight is 174 g/mol. The Morgan fingerprint density at radius 3 is 3.09 bits per heavy atom. The lowest BCUT2D eigenvalue weighted by molar-refractivity contribution is 0.579. The van der Waals surface area contributed by atoms with Gasteiger partial charge in [-0.2, -0.15) is 0 Å². The predicted octanol–water partition coefficient (Wildman–Crippen LogP) is 1.47. The molecule has 0 saturated carbocycles. The van der Waals surface area contributed by atoms with E-state index in [9.17, 15) is 0 Å². The summed E-state index contributed by atoms with van der Waals surface area (Å²) < 4.78 is 1.85. The molecule has 0 atom stereocenters. The Morgan fingerprint density at radius 1 is 1.64 bits per heavy atom. The standard InChI is InChI=1S/C7H12ClN3/c1-2-5-11-6-7(3-4-8)9-10-11/h6H,2-5H2,1H3. The van der Waals surface area contributed by atoms with Gasteiger partial charge in [0.05, 0.1) is 5.69 Å². The molecule has 0 aliphatic rings. The Labute approximate surface area is 71.4 Å². The molecule has 0 N–H and O–H groups in total.